The van der Waals surface area contributed by atoms with Crippen molar-refractivity contribution in [2.24, 2.45) is 0 Å². The maximum Gasteiger partial charge on any atom is 0.303 e. The van der Waals surface area contributed by atoms with Gasteiger partial charge in [-0.25, -0.2) is 15.0 Å². The molecule has 2 heterocycles. The van der Waals surface area contributed by atoms with Crippen molar-refractivity contribution in [2.45, 2.75) is 24.7 Å². The zero-order chi connectivity index (χ0) is 13.2. The van der Waals surface area contributed by atoms with Gasteiger partial charge in [0, 0.05) is 0 Å². The van der Waals surface area contributed by atoms with Crippen LogP contribution in [0.1, 0.15) is 0 Å². The predicted molar refractivity (Wildman–Crippen MR) is 71.8 cm³/mol. The van der Waals surface area contributed by atoms with Gasteiger partial charge in [0.25, 0.3) is 0 Å². The molecule has 0 saturated heterocycles. The zero-order valence-corrected chi connectivity index (χ0v) is 12.2. The summed E-state index contributed by atoms with van der Waals surface area (Å²) in [5.74, 6) is 0.0421. The number of thioether (sulfide) groups is 1. The lowest BCUT2D eigenvalue weighted by Gasteiger charge is -2.16. The Hall–Kier alpha value is -1.41. The van der Waals surface area contributed by atoms with E-state index in [-0.39, 0.29) is 11.7 Å². The number of hydrogen-bond acceptors (Lipinski definition) is 6. The summed E-state index contributed by atoms with van der Waals surface area (Å²) in [6.45, 7) is 5.94. The number of aromatic amines is 1. The fraction of sp³-hybridized carbons (Fsp3) is 0.400. The molecule has 0 unspecified atom stereocenters. The molecule has 0 saturated carbocycles. The van der Waals surface area contributed by atoms with Gasteiger partial charge in [-0.15, -0.1) is 0 Å². The van der Waals surface area contributed by atoms with Gasteiger partial charge in [0.15, 0.2) is 5.65 Å². The van der Waals surface area contributed by atoms with E-state index >= 15 is 0 Å². The van der Waals surface area contributed by atoms with E-state index in [9.17, 15) is 4.79 Å². The monoisotopic (exact) mass is 282 g/mol. The third-order valence-electron chi connectivity index (χ3n) is 1.93. The van der Waals surface area contributed by atoms with E-state index in [4.69, 9.17) is 4.43 Å². The number of H-pyrrole nitrogens is 1. The van der Waals surface area contributed by atoms with E-state index in [1.165, 1.54) is 18.1 Å². The first kappa shape index (κ1) is 13.0. The summed E-state index contributed by atoms with van der Waals surface area (Å²) in [6.07, 6.45) is 3.00. The van der Waals surface area contributed by atoms with Crippen LogP contribution in [0.15, 0.2) is 17.7 Å². The van der Waals surface area contributed by atoms with Crippen molar-refractivity contribution in [3.8, 4) is 0 Å². The minimum atomic E-state index is -1.81. The summed E-state index contributed by atoms with van der Waals surface area (Å²) in [4.78, 5) is 26.8. The molecule has 0 amide bonds. The number of carbonyl (C=O) groups excluding carboxylic acids is 1. The molecule has 1 N–H and O–H groups in total. The Morgan fingerprint density at radius 2 is 2.17 bits per heavy atom. The van der Waals surface area contributed by atoms with Gasteiger partial charge in [-0.3, -0.25) is 4.79 Å². The van der Waals surface area contributed by atoms with Crippen LogP contribution in [-0.4, -0.2) is 40.0 Å². The Bertz CT molecular complexity index is 566. The van der Waals surface area contributed by atoms with Gasteiger partial charge in [0.1, 0.15) is 16.9 Å². The second-order valence-electron chi connectivity index (χ2n) is 4.66. The van der Waals surface area contributed by atoms with Gasteiger partial charge >= 0.3 is 5.97 Å². The summed E-state index contributed by atoms with van der Waals surface area (Å²) < 4.78 is 5.36. The van der Waals surface area contributed by atoms with Crippen LogP contribution in [0.3, 0.4) is 0 Å². The zero-order valence-electron chi connectivity index (χ0n) is 10.4. The number of nitrogens with one attached hydrogen (secondary N) is 1. The molecule has 2 rings (SSSR count). The van der Waals surface area contributed by atoms with Gasteiger partial charge < -0.3 is 9.41 Å². The third-order valence-corrected chi connectivity index (χ3v) is 3.74. The summed E-state index contributed by atoms with van der Waals surface area (Å²) in [6, 6.07) is 0. The van der Waals surface area contributed by atoms with Crippen molar-refractivity contribution in [3.05, 3.63) is 12.7 Å². The first-order valence-electron chi connectivity index (χ1n) is 5.44. The molecule has 96 valence electrons. The van der Waals surface area contributed by atoms with Crippen LogP contribution in [0.5, 0.6) is 0 Å². The summed E-state index contributed by atoms with van der Waals surface area (Å²) in [5.41, 5.74) is 1.36. The molecule has 0 spiro atoms. The Morgan fingerprint density at radius 3 is 2.89 bits per heavy atom. The molecule has 2 aromatic heterocycles. The van der Waals surface area contributed by atoms with Gasteiger partial charge in [-0.05, 0) is 19.6 Å². The smallest absolute Gasteiger partial charge is 0.303 e. The highest BCUT2D eigenvalue weighted by Gasteiger charge is 2.20. The normalized spacial score (nSPS) is 11.7. The van der Waals surface area contributed by atoms with Gasteiger partial charge in [-0.1, -0.05) is 11.8 Å². The molecule has 8 heteroatoms. The van der Waals surface area contributed by atoms with Crippen molar-refractivity contribution in [3.63, 3.8) is 0 Å². The topological polar surface area (TPSA) is 80.8 Å². The number of hydrogen-bond donors (Lipinski definition) is 1. The molecule has 0 atom stereocenters. The molecule has 6 nitrogen and oxygen atoms in total. The summed E-state index contributed by atoms with van der Waals surface area (Å²) in [7, 11) is -1.81. The van der Waals surface area contributed by atoms with Crippen LogP contribution >= 0.6 is 11.8 Å². The highest BCUT2D eigenvalue weighted by molar-refractivity contribution is 8.00. The average molecular weight is 282 g/mol. The first-order chi connectivity index (χ1) is 8.46. The number of carbonyl (C=O) groups is 1. The van der Waals surface area contributed by atoms with E-state index < -0.39 is 8.32 Å². The van der Waals surface area contributed by atoms with Crippen LogP contribution in [0, 0.1) is 0 Å². The van der Waals surface area contributed by atoms with E-state index in [1.807, 2.05) is 19.6 Å². The molecule has 2 aromatic rings. The fourth-order valence-electron chi connectivity index (χ4n) is 1.35. The lowest BCUT2D eigenvalue weighted by atomic mass is 10.6. The third kappa shape index (κ3) is 3.30. The van der Waals surface area contributed by atoms with E-state index in [1.54, 1.807) is 6.33 Å². The molecule has 0 fully saturated rings. The molecule has 0 radical (unpaired) electrons. The molecule has 0 aromatic carbocycles. The number of imidazole rings is 1. The van der Waals surface area contributed by atoms with Gasteiger partial charge in [0.05, 0.1) is 12.1 Å². The second kappa shape index (κ2) is 5.07. The molecule has 0 aliphatic rings. The SMILES string of the molecule is C[Si](C)(C)OC(=O)CSc1ncnc2nc[nH]c12. The molecular weight excluding hydrogens is 268 g/mol. The Morgan fingerprint density at radius 1 is 1.39 bits per heavy atom. The van der Waals surface area contributed by atoms with Crippen molar-refractivity contribution >= 4 is 37.2 Å². The predicted octanol–water partition coefficient (Wildman–Crippen LogP) is 1.82. The van der Waals surface area contributed by atoms with E-state index in [0.717, 1.165) is 5.52 Å². The Labute approximate surface area is 110 Å². The standard InChI is InChI=1S/C10H14N4O2SSi/c1-18(2,3)16-7(15)4-17-10-8-9(12-5-11-8)13-6-14-10/h5-6H,4H2,1-3H3,(H,11,12,13,14). The lowest BCUT2D eigenvalue weighted by molar-refractivity contribution is -0.132. The quantitative estimate of drug-likeness (QED) is 0.523. The molecular formula is C10H14N4O2SSi. The minimum Gasteiger partial charge on any atom is -0.519 e. The second-order valence-corrected chi connectivity index (χ2v) is 10.0. The van der Waals surface area contributed by atoms with Crippen LogP contribution in [0.2, 0.25) is 19.6 Å². The highest BCUT2D eigenvalue weighted by Crippen LogP contribution is 2.22. The van der Waals surface area contributed by atoms with Crippen molar-refractivity contribution in [1.82, 2.24) is 19.9 Å². The molecule has 0 aliphatic carbocycles. The molecule has 18 heavy (non-hydrogen) atoms. The fourth-order valence-corrected chi connectivity index (χ4v) is 2.94. The largest absolute Gasteiger partial charge is 0.519 e. The van der Waals surface area contributed by atoms with Crippen molar-refractivity contribution in [1.29, 1.82) is 0 Å². The number of rotatable bonds is 4. The maximum absolute atomic E-state index is 11.6. The Kier molecular flexibility index (Phi) is 3.67. The summed E-state index contributed by atoms with van der Waals surface area (Å²) in [5, 5.41) is 0.713. The first-order valence-corrected chi connectivity index (χ1v) is 9.84. The van der Waals surface area contributed by atoms with E-state index in [2.05, 4.69) is 19.9 Å². The number of aromatic nitrogens is 4. The van der Waals surface area contributed by atoms with E-state index in [0.29, 0.717) is 10.7 Å². The molecule has 0 bridgehead atoms. The van der Waals surface area contributed by atoms with Crippen LogP contribution in [0.25, 0.3) is 11.2 Å². The van der Waals surface area contributed by atoms with Crippen LogP contribution < -0.4 is 0 Å². The Balaban J connectivity index is 2.02. The van der Waals surface area contributed by atoms with Crippen molar-refractivity contribution in [2.75, 3.05) is 5.75 Å². The van der Waals surface area contributed by atoms with Gasteiger partial charge in [-0.2, -0.15) is 0 Å². The average Bonchev–Trinajstić information content (AvgIpc) is 2.72. The highest BCUT2D eigenvalue weighted by atomic mass is 32.2. The van der Waals surface area contributed by atoms with Crippen LogP contribution in [-0.2, 0) is 9.22 Å². The van der Waals surface area contributed by atoms with Gasteiger partial charge in [0.2, 0.25) is 8.32 Å². The number of nitrogens with zero attached hydrogens (tertiary/aromatic N) is 3. The molecule has 0 aliphatic heterocycles. The number of fused-ring (bicyclic) bond motifs is 1. The maximum atomic E-state index is 11.6. The minimum absolute atomic E-state index is 0.203. The van der Waals surface area contributed by atoms with Crippen molar-refractivity contribution < 1.29 is 9.22 Å². The summed E-state index contributed by atoms with van der Waals surface area (Å²) >= 11 is 1.33. The lowest BCUT2D eigenvalue weighted by Crippen LogP contribution is -2.30. The van der Waals surface area contributed by atoms with Crippen LogP contribution in [0.4, 0.5) is 0 Å².